The smallest absolute Gasteiger partial charge is 0.333 e. The molecule has 3 heteroatoms. The van der Waals surface area contributed by atoms with Gasteiger partial charge in [-0.1, -0.05) is 13.5 Å². The standard InChI is InChI=1S/C10H19NO2/c1-5-11(4)7-6-8-13-10(12)9(2)3/h2,5-8H2,1,3-4H3. The third-order valence-electron chi connectivity index (χ3n) is 1.81. The highest BCUT2D eigenvalue weighted by Crippen LogP contribution is 1.94. The van der Waals surface area contributed by atoms with E-state index < -0.39 is 0 Å². The summed E-state index contributed by atoms with van der Waals surface area (Å²) in [4.78, 5) is 13.1. The second-order valence-corrected chi connectivity index (χ2v) is 3.17. The van der Waals surface area contributed by atoms with Crippen LogP contribution in [0.3, 0.4) is 0 Å². The van der Waals surface area contributed by atoms with Gasteiger partial charge in [0.2, 0.25) is 0 Å². The van der Waals surface area contributed by atoms with Crippen molar-refractivity contribution in [3.8, 4) is 0 Å². The van der Waals surface area contributed by atoms with E-state index in [1.54, 1.807) is 6.92 Å². The molecule has 0 fully saturated rings. The Kier molecular flexibility index (Phi) is 6.24. The van der Waals surface area contributed by atoms with Gasteiger partial charge in [0, 0.05) is 12.1 Å². The average molecular weight is 185 g/mol. The highest BCUT2D eigenvalue weighted by Gasteiger charge is 2.02. The highest BCUT2D eigenvalue weighted by molar-refractivity contribution is 5.86. The van der Waals surface area contributed by atoms with Crippen molar-refractivity contribution in [1.29, 1.82) is 0 Å². The Morgan fingerprint density at radius 3 is 2.62 bits per heavy atom. The second-order valence-electron chi connectivity index (χ2n) is 3.17. The lowest BCUT2D eigenvalue weighted by Crippen LogP contribution is -2.20. The lowest BCUT2D eigenvalue weighted by atomic mass is 10.3. The minimum Gasteiger partial charge on any atom is -0.462 e. The van der Waals surface area contributed by atoms with E-state index in [0.29, 0.717) is 12.2 Å². The zero-order valence-corrected chi connectivity index (χ0v) is 8.80. The number of esters is 1. The summed E-state index contributed by atoms with van der Waals surface area (Å²) in [5.41, 5.74) is 0.462. The van der Waals surface area contributed by atoms with Crippen LogP contribution in [0.2, 0.25) is 0 Å². The van der Waals surface area contributed by atoms with Crippen LogP contribution >= 0.6 is 0 Å². The molecule has 0 radical (unpaired) electrons. The number of ether oxygens (including phenoxy) is 1. The van der Waals surface area contributed by atoms with Crippen LogP contribution in [0.5, 0.6) is 0 Å². The van der Waals surface area contributed by atoms with Crippen molar-refractivity contribution in [3.05, 3.63) is 12.2 Å². The normalized spacial score (nSPS) is 10.2. The molecule has 0 spiro atoms. The average Bonchev–Trinajstić information content (AvgIpc) is 2.11. The van der Waals surface area contributed by atoms with Crippen molar-refractivity contribution in [1.82, 2.24) is 4.90 Å². The fourth-order valence-electron chi connectivity index (χ4n) is 0.781. The molecule has 0 saturated carbocycles. The van der Waals surface area contributed by atoms with Crippen molar-refractivity contribution in [2.24, 2.45) is 0 Å². The first-order valence-corrected chi connectivity index (χ1v) is 4.59. The van der Waals surface area contributed by atoms with Gasteiger partial charge >= 0.3 is 5.97 Å². The van der Waals surface area contributed by atoms with Crippen LogP contribution in [-0.2, 0) is 9.53 Å². The first kappa shape index (κ1) is 12.2. The molecule has 0 saturated heterocycles. The molecule has 0 unspecified atom stereocenters. The van der Waals surface area contributed by atoms with Crippen LogP contribution in [0.25, 0.3) is 0 Å². The van der Waals surface area contributed by atoms with E-state index in [9.17, 15) is 4.79 Å². The van der Waals surface area contributed by atoms with Crippen molar-refractivity contribution >= 4 is 5.97 Å². The second kappa shape index (κ2) is 6.66. The molecule has 0 aliphatic rings. The Morgan fingerprint density at radius 2 is 2.15 bits per heavy atom. The summed E-state index contributed by atoms with van der Waals surface area (Å²) < 4.78 is 4.93. The van der Waals surface area contributed by atoms with Crippen LogP contribution in [-0.4, -0.2) is 37.6 Å². The first-order valence-electron chi connectivity index (χ1n) is 4.59. The summed E-state index contributed by atoms with van der Waals surface area (Å²) in [6.07, 6.45) is 0.878. The Morgan fingerprint density at radius 1 is 1.54 bits per heavy atom. The lowest BCUT2D eigenvalue weighted by Gasteiger charge is -2.13. The molecule has 0 aliphatic carbocycles. The van der Waals surface area contributed by atoms with E-state index in [1.165, 1.54) is 0 Å². The van der Waals surface area contributed by atoms with Gasteiger partial charge in [-0.15, -0.1) is 0 Å². The van der Waals surface area contributed by atoms with Crippen LogP contribution in [0, 0.1) is 0 Å². The Hall–Kier alpha value is -0.830. The number of hydrogen-bond acceptors (Lipinski definition) is 3. The van der Waals surface area contributed by atoms with Crippen molar-refractivity contribution in [3.63, 3.8) is 0 Å². The quantitative estimate of drug-likeness (QED) is 0.356. The van der Waals surface area contributed by atoms with Crippen LogP contribution in [0.4, 0.5) is 0 Å². The molecule has 0 heterocycles. The van der Waals surface area contributed by atoms with Crippen LogP contribution in [0.15, 0.2) is 12.2 Å². The predicted molar refractivity (Wildman–Crippen MR) is 53.6 cm³/mol. The largest absolute Gasteiger partial charge is 0.462 e. The molecule has 0 amide bonds. The Bertz CT molecular complexity index is 178. The van der Waals surface area contributed by atoms with Crippen molar-refractivity contribution in [2.75, 3.05) is 26.7 Å². The van der Waals surface area contributed by atoms with E-state index >= 15 is 0 Å². The number of hydrogen-bond donors (Lipinski definition) is 0. The SMILES string of the molecule is C=C(C)C(=O)OCCCN(C)CC. The van der Waals surface area contributed by atoms with Gasteiger partial charge in [0.15, 0.2) is 0 Å². The molecule has 0 N–H and O–H groups in total. The van der Waals surface area contributed by atoms with Crippen LogP contribution < -0.4 is 0 Å². The van der Waals surface area contributed by atoms with Gasteiger partial charge in [-0.2, -0.15) is 0 Å². The van der Waals surface area contributed by atoms with Crippen LogP contribution in [0.1, 0.15) is 20.3 Å². The minimum atomic E-state index is -0.292. The third-order valence-corrected chi connectivity index (χ3v) is 1.81. The summed E-state index contributed by atoms with van der Waals surface area (Å²) in [5.74, 6) is -0.292. The monoisotopic (exact) mass is 185 g/mol. The maximum Gasteiger partial charge on any atom is 0.333 e. The van der Waals surface area contributed by atoms with Gasteiger partial charge in [0.1, 0.15) is 0 Å². The molecule has 0 aromatic rings. The fourth-order valence-corrected chi connectivity index (χ4v) is 0.781. The number of carbonyl (C=O) groups is 1. The molecule has 0 aromatic carbocycles. The first-order chi connectivity index (χ1) is 6.07. The fraction of sp³-hybridized carbons (Fsp3) is 0.700. The van der Waals surface area contributed by atoms with E-state index in [2.05, 4.69) is 18.4 Å². The van der Waals surface area contributed by atoms with Gasteiger partial charge in [0.25, 0.3) is 0 Å². The van der Waals surface area contributed by atoms with Gasteiger partial charge in [-0.05, 0) is 26.9 Å². The van der Waals surface area contributed by atoms with Gasteiger partial charge in [-0.25, -0.2) is 4.79 Å². The molecular weight excluding hydrogens is 166 g/mol. The predicted octanol–water partition coefficient (Wildman–Crippen LogP) is 1.45. The Labute approximate surface area is 80.4 Å². The number of nitrogens with zero attached hydrogens (tertiary/aromatic N) is 1. The van der Waals surface area contributed by atoms with E-state index in [0.717, 1.165) is 19.5 Å². The molecule has 0 aliphatic heterocycles. The molecule has 0 rings (SSSR count). The molecule has 0 bridgehead atoms. The summed E-state index contributed by atoms with van der Waals surface area (Å²) in [7, 11) is 2.04. The molecule has 0 aromatic heterocycles. The summed E-state index contributed by atoms with van der Waals surface area (Å²) in [6, 6.07) is 0. The maximum atomic E-state index is 10.9. The van der Waals surface area contributed by atoms with Gasteiger partial charge < -0.3 is 9.64 Å². The van der Waals surface area contributed by atoms with Gasteiger partial charge in [0.05, 0.1) is 6.61 Å². The summed E-state index contributed by atoms with van der Waals surface area (Å²) >= 11 is 0. The maximum absolute atomic E-state index is 10.9. The highest BCUT2D eigenvalue weighted by atomic mass is 16.5. The number of rotatable bonds is 6. The topological polar surface area (TPSA) is 29.5 Å². The zero-order chi connectivity index (χ0) is 10.3. The zero-order valence-electron chi connectivity index (χ0n) is 8.80. The minimum absolute atomic E-state index is 0.292. The van der Waals surface area contributed by atoms with Crippen molar-refractivity contribution < 1.29 is 9.53 Å². The summed E-state index contributed by atoms with van der Waals surface area (Å²) in [6.45, 7) is 9.71. The molecule has 3 nitrogen and oxygen atoms in total. The molecule has 76 valence electrons. The van der Waals surface area contributed by atoms with Gasteiger partial charge in [-0.3, -0.25) is 0 Å². The Balaban J connectivity index is 3.36. The van der Waals surface area contributed by atoms with E-state index in [1.807, 2.05) is 7.05 Å². The van der Waals surface area contributed by atoms with E-state index in [-0.39, 0.29) is 5.97 Å². The summed E-state index contributed by atoms with van der Waals surface area (Å²) in [5, 5.41) is 0. The molecule has 0 atom stereocenters. The van der Waals surface area contributed by atoms with Crippen molar-refractivity contribution in [2.45, 2.75) is 20.3 Å². The lowest BCUT2D eigenvalue weighted by molar-refractivity contribution is -0.139. The van der Waals surface area contributed by atoms with E-state index in [4.69, 9.17) is 4.74 Å². The molecule has 13 heavy (non-hydrogen) atoms. The number of carbonyl (C=O) groups excluding carboxylic acids is 1. The molecular formula is C10H19NO2. The third kappa shape index (κ3) is 6.34.